The van der Waals surface area contributed by atoms with E-state index in [1.54, 1.807) is 0 Å². The van der Waals surface area contributed by atoms with Crippen LogP contribution in [0.15, 0.2) is 0 Å². The third kappa shape index (κ3) is 2.94. The Morgan fingerprint density at radius 1 is 0.923 bits per heavy atom. The van der Waals surface area contributed by atoms with Gasteiger partial charge in [-0.3, -0.25) is 4.79 Å². The average Bonchev–Trinajstić information content (AvgIpc) is 2.96. The summed E-state index contributed by atoms with van der Waals surface area (Å²) in [7, 11) is 0. The van der Waals surface area contributed by atoms with E-state index in [-0.39, 0.29) is 5.97 Å². The summed E-state index contributed by atoms with van der Waals surface area (Å²) in [6, 6.07) is 0. The molecule has 0 amide bonds. The number of esters is 1. The molecule has 4 aliphatic rings. The molecular weight excluding hydrogens is 320 g/mol. The van der Waals surface area contributed by atoms with Gasteiger partial charge in [0.2, 0.25) is 0 Å². The van der Waals surface area contributed by atoms with Crippen molar-refractivity contribution < 1.29 is 9.53 Å². The highest BCUT2D eigenvalue weighted by atomic mass is 16.5. The SMILES string of the molecule is CCOC(=O)CC[C@H]1CC[C@H]2[C@@H]3CCC4CCCC[C@]4(C)[C@H]3CC[C@]12C. The minimum Gasteiger partial charge on any atom is -0.466 e. The molecule has 148 valence electrons. The van der Waals surface area contributed by atoms with Crippen molar-refractivity contribution in [3.8, 4) is 0 Å². The Hall–Kier alpha value is -0.530. The Labute approximate surface area is 160 Å². The monoisotopic (exact) mass is 360 g/mol. The number of carbonyl (C=O) groups excluding carboxylic acids is 1. The first-order valence-corrected chi connectivity index (χ1v) is 11.6. The summed E-state index contributed by atoms with van der Waals surface area (Å²) in [4.78, 5) is 11.9. The van der Waals surface area contributed by atoms with Gasteiger partial charge in [-0.1, -0.05) is 26.7 Å². The summed E-state index contributed by atoms with van der Waals surface area (Å²) in [5.74, 6) is 4.67. The van der Waals surface area contributed by atoms with Crippen LogP contribution in [0.25, 0.3) is 0 Å². The summed E-state index contributed by atoms with van der Waals surface area (Å²) in [6.07, 6.45) is 16.3. The zero-order valence-electron chi connectivity index (χ0n) is 17.4. The molecule has 4 rings (SSSR count). The first kappa shape index (κ1) is 18.8. The van der Waals surface area contributed by atoms with Gasteiger partial charge in [0.25, 0.3) is 0 Å². The van der Waals surface area contributed by atoms with E-state index in [1.807, 2.05) is 6.92 Å². The van der Waals surface area contributed by atoms with E-state index in [0.717, 1.165) is 36.0 Å². The molecule has 0 aromatic carbocycles. The van der Waals surface area contributed by atoms with Crippen molar-refractivity contribution in [2.45, 2.75) is 97.8 Å². The lowest BCUT2D eigenvalue weighted by Gasteiger charge is -2.60. The second-order valence-electron chi connectivity index (χ2n) is 10.6. The highest BCUT2D eigenvalue weighted by Gasteiger charge is 2.59. The first-order valence-electron chi connectivity index (χ1n) is 11.6. The zero-order valence-corrected chi connectivity index (χ0v) is 17.4. The summed E-state index contributed by atoms with van der Waals surface area (Å²) in [5.41, 5.74) is 1.14. The largest absolute Gasteiger partial charge is 0.466 e. The van der Waals surface area contributed by atoms with E-state index in [0.29, 0.717) is 23.9 Å². The predicted molar refractivity (Wildman–Crippen MR) is 106 cm³/mol. The fourth-order valence-electron chi connectivity index (χ4n) is 8.40. The van der Waals surface area contributed by atoms with Crippen LogP contribution in [0.1, 0.15) is 97.8 Å². The number of carbonyl (C=O) groups is 1. The van der Waals surface area contributed by atoms with Gasteiger partial charge in [0.15, 0.2) is 0 Å². The van der Waals surface area contributed by atoms with E-state index in [2.05, 4.69) is 13.8 Å². The molecule has 0 spiro atoms. The maximum Gasteiger partial charge on any atom is 0.305 e. The number of ether oxygens (including phenoxy) is 1. The van der Waals surface area contributed by atoms with Crippen LogP contribution in [0.5, 0.6) is 0 Å². The van der Waals surface area contributed by atoms with Gasteiger partial charge < -0.3 is 4.74 Å². The molecule has 7 atom stereocenters. The lowest BCUT2D eigenvalue weighted by atomic mass is 9.45. The summed E-state index contributed by atoms with van der Waals surface area (Å²) >= 11 is 0. The standard InChI is InChI=1S/C24H40O2/c1-4-26-22(25)13-10-18-9-12-20-19-11-8-17-7-5-6-15-23(17,2)21(19)14-16-24(18,20)3/h17-21H,4-16H2,1-3H3/t17?,18-,19+,20+,21+,23+,24-/m1/s1. The van der Waals surface area contributed by atoms with E-state index < -0.39 is 0 Å². The average molecular weight is 361 g/mol. The van der Waals surface area contributed by atoms with Gasteiger partial charge in [0.05, 0.1) is 6.61 Å². The normalized spacial score (nSPS) is 47.6. The molecule has 0 radical (unpaired) electrons. The molecule has 0 bridgehead atoms. The molecular formula is C24H40O2. The second-order valence-corrected chi connectivity index (χ2v) is 10.6. The smallest absolute Gasteiger partial charge is 0.305 e. The molecule has 0 N–H and O–H groups in total. The van der Waals surface area contributed by atoms with Gasteiger partial charge in [0, 0.05) is 6.42 Å². The molecule has 26 heavy (non-hydrogen) atoms. The lowest BCUT2D eigenvalue weighted by molar-refractivity contribution is -0.144. The van der Waals surface area contributed by atoms with E-state index in [1.165, 1.54) is 64.2 Å². The molecule has 4 fully saturated rings. The Morgan fingerprint density at radius 3 is 2.54 bits per heavy atom. The quantitative estimate of drug-likeness (QED) is 0.544. The van der Waals surface area contributed by atoms with Crippen molar-refractivity contribution in [1.29, 1.82) is 0 Å². The molecule has 4 aliphatic carbocycles. The number of fused-ring (bicyclic) bond motifs is 5. The van der Waals surface area contributed by atoms with Gasteiger partial charge in [-0.15, -0.1) is 0 Å². The van der Waals surface area contributed by atoms with Crippen molar-refractivity contribution in [1.82, 2.24) is 0 Å². The topological polar surface area (TPSA) is 26.3 Å². The molecule has 0 aromatic heterocycles. The van der Waals surface area contributed by atoms with Crippen LogP contribution in [0.2, 0.25) is 0 Å². The van der Waals surface area contributed by atoms with Crippen molar-refractivity contribution in [3.63, 3.8) is 0 Å². The van der Waals surface area contributed by atoms with Crippen LogP contribution in [-0.2, 0) is 9.53 Å². The third-order valence-electron chi connectivity index (χ3n) is 9.78. The highest BCUT2D eigenvalue weighted by molar-refractivity contribution is 5.69. The van der Waals surface area contributed by atoms with Crippen LogP contribution in [-0.4, -0.2) is 12.6 Å². The van der Waals surface area contributed by atoms with E-state index >= 15 is 0 Å². The fourth-order valence-corrected chi connectivity index (χ4v) is 8.40. The Bertz CT molecular complexity index is 528. The lowest BCUT2D eigenvalue weighted by Crippen LogP contribution is -2.52. The molecule has 0 aliphatic heterocycles. The number of rotatable bonds is 4. The van der Waals surface area contributed by atoms with Gasteiger partial charge in [0.1, 0.15) is 0 Å². The Kier molecular flexibility index (Phi) is 5.16. The van der Waals surface area contributed by atoms with E-state index in [4.69, 9.17) is 4.74 Å². The molecule has 0 saturated heterocycles. The van der Waals surface area contributed by atoms with Crippen molar-refractivity contribution in [2.75, 3.05) is 6.61 Å². The molecule has 0 aromatic rings. The van der Waals surface area contributed by atoms with Crippen LogP contribution < -0.4 is 0 Å². The summed E-state index contributed by atoms with van der Waals surface area (Å²) in [5, 5.41) is 0. The highest BCUT2D eigenvalue weighted by Crippen LogP contribution is 2.67. The van der Waals surface area contributed by atoms with Crippen LogP contribution >= 0.6 is 0 Å². The maximum atomic E-state index is 11.9. The molecule has 2 heteroatoms. The Morgan fingerprint density at radius 2 is 1.73 bits per heavy atom. The van der Waals surface area contributed by atoms with Crippen molar-refractivity contribution in [2.24, 2.45) is 40.4 Å². The zero-order chi connectivity index (χ0) is 18.4. The van der Waals surface area contributed by atoms with Gasteiger partial charge in [-0.05, 0) is 105 Å². The molecule has 1 unspecified atom stereocenters. The van der Waals surface area contributed by atoms with Crippen molar-refractivity contribution in [3.05, 3.63) is 0 Å². The van der Waals surface area contributed by atoms with Crippen LogP contribution in [0.4, 0.5) is 0 Å². The fraction of sp³-hybridized carbons (Fsp3) is 0.958. The third-order valence-corrected chi connectivity index (χ3v) is 9.78. The van der Waals surface area contributed by atoms with Crippen molar-refractivity contribution >= 4 is 5.97 Å². The maximum absolute atomic E-state index is 11.9. The summed E-state index contributed by atoms with van der Waals surface area (Å²) in [6.45, 7) is 7.69. The molecule has 4 saturated carbocycles. The minimum absolute atomic E-state index is 0.0171. The van der Waals surface area contributed by atoms with E-state index in [9.17, 15) is 4.79 Å². The van der Waals surface area contributed by atoms with Crippen LogP contribution in [0.3, 0.4) is 0 Å². The predicted octanol–water partition coefficient (Wildman–Crippen LogP) is 6.38. The van der Waals surface area contributed by atoms with Gasteiger partial charge >= 0.3 is 5.97 Å². The van der Waals surface area contributed by atoms with Gasteiger partial charge in [-0.25, -0.2) is 0 Å². The number of hydrogen-bond acceptors (Lipinski definition) is 2. The molecule has 0 heterocycles. The number of hydrogen-bond donors (Lipinski definition) is 0. The minimum atomic E-state index is 0.0171. The Balaban J connectivity index is 1.47. The van der Waals surface area contributed by atoms with Gasteiger partial charge in [-0.2, -0.15) is 0 Å². The molecule has 2 nitrogen and oxygen atoms in total. The first-order chi connectivity index (χ1) is 12.5. The second kappa shape index (κ2) is 7.13. The van der Waals surface area contributed by atoms with Crippen LogP contribution in [0, 0.1) is 40.4 Å². The summed E-state index contributed by atoms with van der Waals surface area (Å²) < 4.78 is 5.19.